The summed E-state index contributed by atoms with van der Waals surface area (Å²) in [4.78, 5) is 11.6. The quantitative estimate of drug-likeness (QED) is 0.671. The van der Waals surface area contributed by atoms with Gasteiger partial charge >= 0.3 is 6.18 Å². The smallest absolute Gasteiger partial charge is 0.417 e. The van der Waals surface area contributed by atoms with Crippen LogP contribution in [-0.4, -0.2) is 18.7 Å². The van der Waals surface area contributed by atoms with E-state index >= 15 is 0 Å². The standard InChI is InChI=1S/C17H15F3N2O2/c1-12-6-8-14(9-7-12)24-11-16(23)22-21-10-13-4-2-3-5-15(13)17(18,19)20/h2-10H,11H2,1H3,(H,22,23)/b21-10+. The Bertz CT molecular complexity index is 725. The van der Waals surface area contributed by atoms with Gasteiger partial charge in [-0.2, -0.15) is 18.3 Å². The van der Waals surface area contributed by atoms with Gasteiger partial charge in [0.2, 0.25) is 0 Å². The molecule has 4 nitrogen and oxygen atoms in total. The largest absolute Gasteiger partial charge is 0.484 e. The number of benzene rings is 2. The number of nitrogens with zero attached hydrogens (tertiary/aromatic N) is 1. The Labute approximate surface area is 137 Å². The van der Waals surface area contributed by atoms with Gasteiger partial charge in [0.25, 0.3) is 5.91 Å². The molecule has 126 valence electrons. The first-order chi connectivity index (χ1) is 11.4. The van der Waals surface area contributed by atoms with Gasteiger partial charge in [-0.3, -0.25) is 4.79 Å². The molecular formula is C17H15F3N2O2. The van der Waals surface area contributed by atoms with Crippen molar-refractivity contribution < 1.29 is 22.7 Å². The van der Waals surface area contributed by atoms with E-state index in [-0.39, 0.29) is 12.2 Å². The van der Waals surface area contributed by atoms with Crippen LogP contribution in [0.2, 0.25) is 0 Å². The molecule has 0 fully saturated rings. The highest BCUT2D eigenvalue weighted by molar-refractivity contribution is 5.84. The van der Waals surface area contributed by atoms with Gasteiger partial charge in [0, 0.05) is 5.56 Å². The molecule has 0 unspecified atom stereocenters. The molecule has 0 heterocycles. The molecular weight excluding hydrogens is 321 g/mol. The van der Waals surface area contributed by atoms with E-state index in [9.17, 15) is 18.0 Å². The molecule has 1 amide bonds. The molecule has 0 saturated heterocycles. The van der Waals surface area contributed by atoms with E-state index in [1.807, 2.05) is 19.1 Å². The second kappa shape index (κ2) is 7.63. The van der Waals surface area contributed by atoms with Crippen molar-refractivity contribution in [1.82, 2.24) is 5.43 Å². The van der Waals surface area contributed by atoms with Crippen LogP contribution in [0.15, 0.2) is 53.6 Å². The van der Waals surface area contributed by atoms with Crippen molar-refractivity contribution >= 4 is 12.1 Å². The van der Waals surface area contributed by atoms with Gasteiger partial charge in [0.05, 0.1) is 11.8 Å². The zero-order valence-electron chi connectivity index (χ0n) is 12.8. The average Bonchev–Trinajstić information content (AvgIpc) is 2.54. The predicted molar refractivity (Wildman–Crippen MR) is 83.9 cm³/mol. The summed E-state index contributed by atoms with van der Waals surface area (Å²) in [6, 6.07) is 12.0. The van der Waals surface area contributed by atoms with E-state index in [0.29, 0.717) is 5.75 Å². The number of hydrogen-bond acceptors (Lipinski definition) is 3. The van der Waals surface area contributed by atoms with E-state index in [0.717, 1.165) is 17.8 Å². The number of nitrogens with one attached hydrogen (secondary N) is 1. The molecule has 2 aromatic carbocycles. The first-order valence-electron chi connectivity index (χ1n) is 7.04. The second-order valence-corrected chi connectivity index (χ2v) is 4.98. The van der Waals surface area contributed by atoms with E-state index in [2.05, 4.69) is 10.5 Å². The van der Waals surface area contributed by atoms with Gasteiger partial charge in [-0.1, -0.05) is 35.9 Å². The number of alkyl halides is 3. The van der Waals surface area contributed by atoms with Crippen molar-refractivity contribution in [3.63, 3.8) is 0 Å². The number of amides is 1. The number of aryl methyl sites for hydroxylation is 1. The Kier molecular flexibility index (Phi) is 5.57. The molecule has 0 bridgehead atoms. The second-order valence-electron chi connectivity index (χ2n) is 4.98. The van der Waals surface area contributed by atoms with Crippen LogP contribution in [0, 0.1) is 6.92 Å². The monoisotopic (exact) mass is 336 g/mol. The normalized spacial score (nSPS) is 11.5. The minimum Gasteiger partial charge on any atom is -0.484 e. The van der Waals surface area contributed by atoms with Gasteiger partial charge in [0.1, 0.15) is 5.75 Å². The number of hydrazone groups is 1. The van der Waals surface area contributed by atoms with Crippen molar-refractivity contribution in [2.24, 2.45) is 5.10 Å². The summed E-state index contributed by atoms with van der Waals surface area (Å²) in [5, 5.41) is 3.54. The number of carbonyl (C=O) groups excluding carboxylic acids is 1. The SMILES string of the molecule is Cc1ccc(OCC(=O)N/N=C/c2ccccc2C(F)(F)F)cc1. The molecule has 0 radical (unpaired) electrons. The Hall–Kier alpha value is -2.83. The van der Waals surface area contributed by atoms with Gasteiger partial charge in [0.15, 0.2) is 6.61 Å². The summed E-state index contributed by atoms with van der Waals surface area (Å²) in [6.07, 6.45) is -3.53. The molecule has 0 aliphatic carbocycles. The summed E-state index contributed by atoms with van der Waals surface area (Å²) in [5.74, 6) is -0.0570. The van der Waals surface area contributed by atoms with Crippen molar-refractivity contribution in [3.05, 3.63) is 65.2 Å². The third-order valence-electron chi connectivity index (χ3n) is 3.05. The highest BCUT2D eigenvalue weighted by Crippen LogP contribution is 2.30. The van der Waals surface area contributed by atoms with Crippen LogP contribution in [0.4, 0.5) is 13.2 Å². The molecule has 2 aromatic rings. The molecule has 24 heavy (non-hydrogen) atoms. The molecule has 0 aliphatic heterocycles. The summed E-state index contributed by atoms with van der Waals surface area (Å²) in [7, 11) is 0. The number of ether oxygens (including phenoxy) is 1. The Morgan fingerprint density at radius 1 is 1.17 bits per heavy atom. The third-order valence-corrected chi connectivity index (χ3v) is 3.05. The van der Waals surface area contributed by atoms with Gasteiger partial charge in [-0.25, -0.2) is 5.43 Å². The molecule has 0 aromatic heterocycles. The summed E-state index contributed by atoms with van der Waals surface area (Å²) >= 11 is 0. The highest BCUT2D eigenvalue weighted by atomic mass is 19.4. The van der Waals surface area contributed by atoms with E-state index < -0.39 is 17.6 Å². The Balaban J connectivity index is 1.90. The van der Waals surface area contributed by atoms with Gasteiger partial charge in [-0.15, -0.1) is 0 Å². The summed E-state index contributed by atoms with van der Waals surface area (Å²) in [5.41, 5.74) is 2.23. The van der Waals surface area contributed by atoms with Crippen LogP contribution in [0.5, 0.6) is 5.75 Å². The van der Waals surface area contributed by atoms with Crippen LogP contribution in [0.1, 0.15) is 16.7 Å². The lowest BCUT2D eigenvalue weighted by Gasteiger charge is -2.09. The topological polar surface area (TPSA) is 50.7 Å². The third kappa shape index (κ3) is 5.12. The Morgan fingerprint density at radius 3 is 2.50 bits per heavy atom. The van der Waals surface area contributed by atoms with Crippen LogP contribution in [0.3, 0.4) is 0 Å². The zero-order chi connectivity index (χ0) is 17.6. The van der Waals surface area contributed by atoms with Crippen molar-refractivity contribution in [2.75, 3.05) is 6.61 Å². The molecule has 0 saturated carbocycles. The average molecular weight is 336 g/mol. The van der Waals surface area contributed by atoms with Crippen molar-refractivity contribution in [2.45, 2.75) is 13.1 Å². The van der Waals surface area contributed by atoms with Crippen molar-refractivity contribution in [3.8, 4) is 5.75 Å². The molecule has 1 N–H and O–H groups in total. The van der Waals surface area contributed by atoms with Crippen LogP contribution >= 0.6 is 0 Å². The fourth-order valence-corrected chi connectivity index (χ4v) is 1.86. The number of halogens is 3. The lowest BCUT2D eigenvalue weighted by atomic mass is 10.1. The fraction of sp³-hybridized carbons (Fsp3) is 0.176. The van der Waals surface area contributed by atoms with E-state index in [1.165, 1.54) is 18.2 Å². The first-order valence-corrected chi connectivity index (χ1v) is 7.04. The Morgan fingerprint density at radius 2 is 1.83 bits per heavy atom. The number of rotatable bonds is 5. The first kappa shape index (κ1) is 17.5. The lowest BCUT2D eigenvalue weighted by Crippen LogP contribution is -2.24. The van der Waals surface area contributed by atoms with E-state index in [4.69, 9.17) is 4.74 Å². The van der Waals surface area contributed by atoms with Crippen LogP contribution < -0.4 is 10.2 Å². The minimum atomic E-state index is -4.48. The maximum Gasteiger partial charge on any atom is 0.417 e. The fourth-order valence-electron chi connectivity index (χ4n) is 1.86. The van der Waals surface area contributed by atoms with Gasteiger partial charge < -0.3 is 4.74 Å². The molecule has 0 spiro atoms. The number of carbonyl (C=O) groups is 1. The maximum absolute atomic E-state index is 12.8. The van der Waals surface area contributed by atoms with Crippen molar-refractivity contribution in [1.29, 1.82) is 0 Å². The van der Waals surface area contributed by atoms with Crippen LogP contribution in [0.25, 0.3) is 0 Å². The van der Waals surface area contributed by atoms with Crippen LogP contribution in [-0.2, 0) is 11.0 Å². The number of hydrogen-bond donors (Lipinski definition) is 1. The molecule has 2 rings (SSSR count). The lowest BCUT2D eigenvalue weighted by molar-refractivity contribution is -0.137. The summed E-state index contributed by atoms with van der Waals surface area (Å²) in [6.45, 7) is 1.63. The molecule has 7 heteroatoms. The predicted octanol–water partition coefficient (Wildman–Crippen LogP) is 3.54. The molecule has 0 aliphatic rings. The zero-order valence-corrected chi connectivity index (χ0v) is 12.8. The van der Waals surface area contributed by atoms with E-state index in [1.54, 1.807) is 12.1 Å². The minimum absolute atomic E-state index is 0.134. The maximum atomic E-state index is 12.8. The summed E-state index contributed by atoms with van der Waals surface area (Å²) < 4.78 is 43.6. The highest BCUT2D eigenvalue weighted by Gasteiger charge is 2.32. The van der Waals surface area contributed by atoms with Gasteiger partial charge in [-0.05, 0) is 25.1 Å². The molecule has 0 atom stereocenters.